The Morgan fingerprint density at radius 3 is 2.71 bits per heavy atom. The summed E-state index contributed by atoms with van der Waals surface area (Å²) in [6, 6.07) is 7.54. The van der Waals surface area contributed by atoms with E-state index in [2.05, 4.69) is 0 Å². The molecule has 0 spiro atoms. The number of carbonyl (C=O) groups is 1. The summed E-state index contributed by atoms with van der Waals surface area (Å²) < 4.78 is 10.6. The smallest absolute Gasteiger partial charge is 0.347 e. The van der Waals surface area contributed by atoms with E-state index in [1.54, 1.807) is 6.92 Å². The molecule has 0 aromatic heterocycles. The first-order valence-corrected chi connectivity index (χ1v) is 6.17. The Morgan fingerprint density at radius 2 is 2.12 bits per heavy atom. The number of alkyl halides is 1. The summed E-state index contributed by atoms with van der Waals surface area (Å²) in [6.45, 7) is 4.04. The summed E-state index contributed by atoms with van der Waals surface area (Å²) in [6.07, 6.45) is -0.192. The van der Waals surface area contributed by atoms with E-state index in [9.17, 15) is 4.79 Å². The van der Waals surface area contributed by atoms with Gasteiger partial charge in [0.25, 0.3) is 0 Å². The van der Waals surface area contributed by atoms with E-state index in [0.717, 1.165) is 5.56 Å². The maximum Gasteiger partial charge on any atom is 0.347 e. The van der Waals surface area contributed by atoms with Gasteiger partial charge in [-0.2, -0.15) is 0 Å². The molecule has 0 aliphatic heterocycles. The van der Waals surface area contributed by atoms with Crippen LogP contribution in [0.4, 0.5) is 0 Å². The molecule has 17 heavy (non-hydrogen) atoms. The highest BCUT2D eigenvalue weighted by atomic mass is 35.5. The standard InChI is InChI=1S/C13H17ClO3/c1-3-16-13(15)12(8-9-14)17-11-7-5-4-6-10(11)2/h4-7,12H,3,8-9H2,1-2H3. The molecule has 3 nitrogen and oxygen atoms in total. The lowest BCUT2D eigenvalue weighted by atomic mass is 10.2. The molecular formula is C13H17ClO3. The molecule has 0 N–H and O–H groups in total. The molecular weight excluding hydrogens is 240 g/mol. The van der Waals surface area contributed by atoms with Crippen LogP contribution in [0, 0.1) is 6.92 Å². The van der Waals surface area contributed by atoms with Crippen molar-refractivity contribution in [2.24, 2.45) is 0 Å². The molecule has 0 fully saturated rings. The largest absolute Gasteiger partial charge is 0.478 e. The number of esters is 1. The van der Waals surface area contributed by atoms with Gasteiger partial charge < -0.3 is 9.47 Å². The minimum atomic E-state index is -0.631. The van der Waals surface area contributed by atoms with Crippen LogP contribution in [0.2, 0.25) is 0 Å². The first kappa shape index (κ1) is 13.8. The predicted octanol–water partition coefficient (Wildman–Crippen LogP) is 2.93. The first-order valence-electron chi connectivity index (χ1n) is 5.64. The quantitative estimate of drug-likeness (QED) is 0.580. The minimum Gasteiger partial charge on any atom is -0.478 e. The van der Waals surface area contributed by atoms with Crippen molar-refractivity contribution in [3.63, 3.8) is 0 Å². The molecule has 1 unspecified atom stereocenters. The summed E-state index contributed by atoms with van der Waals surface area (Å²) in [5, 5.41) is 0. The van der Waals surface area contributed by atoms with Crippen LogP contribution in [0.15, 0.2) is 24.3 Å². The molecule has 1 rings (SSSR count). The first-order chi connectivity index (χ1) is 8.19. The minimum absolute atomic E-state index is 0.342. The van der Waals surface area contributed by atoms with Gasteiger partial charge in [-0.05, 0) is 25.5 Å². The van der Waals surface area contributed by atoms with Crippen molar-refractivity contribution < 1.29 is 14.3 Å². The van der Waals surface area contributed by atoms with Crippen molar-refractivity contribution in [2.75, 3.05) is 12.5 Å². The molecule has 0 bridgehead atoms. The molecule has 0 amide bonds. The average molecular weight is 257 g/mol. The number of halogens is 1. The Hall–Kier alpha value is -1.22. The number of carbonyl (C=O) groups excluding carboxylic acids is 1. The highest BCUT2D eigenvalue weighted by Gasteiger charge is 2.21. The van der Waals surface area contributed by atoms with Crippen molar-refractivity contribution in [3.05, 3.63) is 29.8 Å². The summed E-state index contributed by atoms with van der Waals surface area (Å²) >= 11 is 5.66. The molecule has 0 heterocycles. The monoisotopic (exact) mass is 256 g/mol. The second-order valence-corrected chi connectivity index (χ2v) is 3.98. The van der Waals surface area contributed by atoms with E-state index in [4.69, 9.17) is 21.1 Å². The van der Waals surface area contributed by atoms with Crippen molar-refractivity contribution in [1.82, 2.24) is 0 Å². The van der Waals surface area contributed by atoms with Crippen molar-refractivity contribution >= 4 is 17.6 Å². The number of hydrogen-bond donors (Lipinski definition) is 0. The van der Waals surface area contributed by atoms with Crippen LogP contribution in [0.5, 0.6) is 5.75 Å². The highest BCUT2D eigenvalue weighted by molar-refractivity contribution is 6.18. The second-order valence-electron chi connectivity index (χ2n) is 3.60. The third-order valence-corrected chi connectivity index (χ3v) is 2.50. The van der Waals surface area contributed by atoms with E-state index in [-0.39, 0.29) is 5.97 Å². The number of hydrogen-bond acceptors (Lipinski definition) is 3. The third-order valence-electron chi connectivity index (χ3n) is 2.28. The van der Waals surface area contributed by atoms with Gasteiger partial charge in [-0.25, -0.2) is 4.79 Å². The number of benzene rings is 1. The van der Waals surface area contributed by atoms with Crippen molar-refractivity contribution in [3.8, 4) is 5.75 Å². The van der Waals surface area contributed by atoms with Gasteiger partial charge in [0.1, 0.15) is 5.75 Å². The van der Waals surface area contributed by atoms with E-state index < -0.39 is 6.10 Å². The van der Waals surface area contributed by atoms with E-state index in [0.29, 0.717) is 24.7 Å². The molecule has 0 aliphatic carbocycles. The van der Waals surface area contributed by atoms with Crippen LogP contribution >= 0.6 is 11.6 Å². The Morgan fingerprint density at radius 1 is 1.41 bits per heavy atom. The SMILES string of the molecule is CCOC(=O)C(CCCl)Oc1ccccc1C. The lowest BCUT2D eigenvalue weighted by molar-refractivity contribution is -0.151. The van der Waals surface area contributed by atoms with Crippen LogP contribution in [-0.2, 0) is 9.53 Å². The zero-order chi connectivity index (χ0) is 12.7. The number of para-hydroxylation sites is 1. The lowest BCUT2D eigenvalue weighted by Gasteiger charge is -2.17. The average Bonchev–Trinajstić information content (AvgIpc) is 2.31. The summed E-state index contributed by atoms with van der Waals surface area (Å²) in [5.41, 5.74) is 0.983. The van der Waals surface area contributed by atoms with Crippen molar-refractivity contribution in [1.29, 1.82) is 0 Å². The number of rotatable bonds is 6. The molecule has 0 saturated carbocycles. The van der Waals surface area contributed by atoms with Gasteiger partial charge in [0, 0.05) is 12.3 Å². The van der Waals surface area contributed by atoms with E-state index in [1.165, 1.54) is 0 Å². The van der Waals surface area contributed by atoms with Gasteiger partial charge in [0.15, 0.2) is 6.10 Å². The highest BCUT2D eigenvalue weighted by Crippen LogP contribution is 2.19. The van der Waals surface area contributed by atoms with E-state index in [1.807, 2.05) is 31.2 Å². The van der Waals surface area contributed by atoms with Crippen LogP contribution in [0.25, 0.3) is 0 Å². The topological polar surface area (TPSA) is 35.5 Å². The maximum atomic E-state index is 11.6. The third kappa shape index (κ3) is 4.27. The fourth-order valence-corrected chi connectivity index (χ4v) is 1.60. The molecule has 0 aliphatic rings. The van der Waals surface area contributed by atoms with Crippen LogP contribution in [0.1, 0.15) is 18.9 Å². The summed E-state index contributed by atoms with van der Waals surface area (Å²) in [7, 11) is 0. The summed E-state index contributed by atoms with van der Waals surface area (Å²) in [4.78, 5) is 11.6. The van der Waals surface area contributed by atoms with Crippen LogP contribution < -0.4 is 4.74 Å². The predicted molar refractivity (Wildman–Crippen MR) is 67.6 cm³/mol. The number of ether oxygens (including phenoxy) is 2. The lowest BCUT2D eigenvalue weighted by Crippen LogP contribution is -2.30. The van der Waals surface area contributed by atoms with Gasteiger partial charge in [0.05, 0.1) is 6.61 Å². The number of aryl methyl sites for hydroxylation is 1. The van der Waals surface area contributed by atoms with Gasteiger partial charge in [-0.3, -0.25) is 0 Å². The summed E-state index contributed by atoms with van der Waals surface area (Å²) in [5.74, 6) is 0.683. The molecule has 94 valence electrons. The molecule has 0 radical (unpaired) electrons. The molecule has 4 heteroatoms. The van der Waals surface area contributed by atoms with E-state index >= 15 is 0 Å². The molecule has 1 aromatic rings. The van der Waals surface area contributed by atoms with Gasteiger partial charge in [-0.15, -0.1) is 11.6 Å². The normalized spacial score (nSPS) is 11.9. The van der Waals surface area contributed by atoms with Gasteiger partial charge >= 0.3 is 5.97 Å². The second kappa shape index (κ2) is 7.17. The van der Waals surface area contributed by atoms with Crippen LogP contribution in [0.3, 0.4) is 0 Å². The molecule has 1 aromatic carbocycles. The Balaban J connectivity index is 2.73. The Bertz CT molecular complexity index is 365. The zero-order valence-corrected chi connectivity index (χ0v) is 10.9. The van der Waals surface area contributed by atoms with Crippen molar-refractivity contribution in [2.45, 2.75) is 26.4 Å². The maximum absolute atomic E-state index is 11.6. The zero-order valence-electron chi connectivity index (χ0n) is 10.1. The Kier molecular flexibility index (Phi) is 5.84. The molecule has 0 saturated heterocycles. The Labute approximate surface area is 107 Å². The fourth-order valence-electron chi connectivity index (χ4n) is 1.40. The van der Waals surface area contributed by atoms with Gasteiger partial charge in [0.2, 0.25) is 0 Å². The van der Waals surface area contributed by atoms with Crippen LogP contribution in [-0.4, -0.2) is 24.6 Å². The van der Waals surface area contributed by atoms with Gasteiger partial charge in [-0.1, -0.05) is 18.2 Å². The fraction of sp³-hybridized carbons (Fsp3) is 0.462. The molecule has 1 atom stereocenters.